The highest BCUT2D eigenvalue weighted by molar-refractivity contribution is 5.78. The van der Waals surface area contributed by atoms with E-state index in [1.807, 2.05) is 0 Å². The van der Waals surface area contributed by atoms with Crippen molar-refractivity contribution in [2.75, 3.05) is 0 Å². The molecule has 1 fully saturated rings. The van der Waals surface area contributed by atoms with Gasteiger partial charge in [-0.15, -0.1) is 0 Å². The highest BCUT2D eigenvalue weighted by Gasteiger charge is 2.15. The Balaban J connectivity index is 2.43. The van der Waals surface area contributed by atoms with E-state index in [1.165, 1.54) is 0 Å². The molecule has 60 valence electrons. The SMILES string of the molecule is N#C[C@@H]1CCCCCC(=O)C1. The van der Waals surface area contributed by atoms with E-state index in [4.69, 9.17) is 5.26 Å². The fourth-order valence-corrected chi connectivity index (χ4v) is 1.48. The summed E-state index contributed by atoms with van der Waals surface area (Å²) in [5.41, 5.74) is 0. The molecule has 11 heavy (non-hydrogen) atoms. The molecule has 1 aliphatic carbocycles. The third-order valence-electron chi connectivity index (χ3n) is 2.16. The van der Waals surface area contributed by atoms with Crippen molar-refractivity contribution in [1.29, 1.82) is 5.26 Å². The van der Waals surface area contributed by atoms with Gasteiger partial charge in [-0.25, -0.2) is 0 Å². The first-order valence-electron chi connectivity index (χ1n) is 4.24. The molecule has 1 atom stereocenters. The molecule has 0 aromatic carbocycles. The van der Waals surface area contributed by atoms with Crippen LogP contribution in [0.2, 0.25) is 0 Å². The lowest BCUT2D eigenvalue weighted by molar-refractivity contribution is -0.120. The Morgan fingerprint density at radius 2 is 2.18 bits per heavy atom. The summed E-state index contributed by atoms with van der Waals surface area (Å²) in [6.45, 7) is 0. The maximum absolute atomic E-state index is 11.1. The summed E-state index contributed by atoms with van der Waals surface area (Å²) in [5.74, 6) is 0.277. The third-order valence-corrected chi connectivity index (χ3v) is 2.16. The molecule has 1 saturated carbocycles. The van der Waals surface area contributed by atoms with Gasteiger partial charge in [0.1, 0.15) is 5.78 Å². The van der Waals surface area contributed by atoms with E-state index in [-0.39, 0.29) is 11.7 Å². The van der Waals surface area contributed by atoms with Gasteiger partial charge in [0, 0.05) is 12.8 Å². The van der Waals surface area contributed by atoms with Gasteiger partial charge < -0.3 is 0 Å². The number of Topliss-reactive ketones (excluding diaryl/α,β-unsaturated/α-hetero) is 1. The van der Waals surface area contributed by atoms with Crippen LogP contribution in [-0.4, -0.2) is 5.78 Å². The van der Waals surface area contributed by atoms with Crippen molar-refractivity contribution in [2.45, 2.75) is 38.5 Å². The van der Waals surface area contributed by atoms with Crippen LogP contribution in [0.25, 0.3) is 0 Å². The van der Waals surface area contributed by atoms with Crippen LogP contribution in [-0.2, 0) is 4.79 Å². The Bertz CT molecular complexity index is 180. The first kappa shape index (κ1) is 8.26. The lowest BCUT2D eigenvalue weighted by Gasteiger charge is -2.11. The van der Waals surface area contributed by atoms with Crippen LogP contribution in [0.4, 0.5) is 0 Å². The standard InChI is InChI=1S/C9H13NO/c10-7-8-4-2-1-3-5-9(11)6-8/h8H,1-6H2/t8-/m1/s1. The number of ketones is 1. The topological polar surface area (TPSA) is 40.9 Å². The van der Waals surface area contributed by atoms with Gasteiger partial charge in [-0.1, -0.05) is 12.8 Å². The number of nitriles is 1. The highest BCUT2D eigenvalue weighted by atomic mass is 16.1. The van der Waals surface area contributed by atoms with Gasteiger partial charge >= 0.3 is 0 Å². The van der Waals surface area contributed by atoms with Gasteiger partial charge in [-0.2, -0.15) is 5.26 Å². The highest BCUT2D eigenvalue weighted by Crippen LogP contribution is 2.19. The zero-order valence-electron chi connectivity index (χ0n) is 6.68. The van der Waals surface area contributed by atoms with Gasteiger partial charge in [0.2, 0.25) is 0 Å². The molecule has 1 aliphatic rings. The normalized spacial score (nSPS) is 26.8. The molecule has 0 aliphatic heterocycles. The molecule has 1 rings (SSSR count). The summed E-state index contributed by atoms with van der Waals surface area (Å²) in [7, 11) is 0. The van der Waals surface area contributed by atoms with Crippen molar-refractivity contribution in [3.05, 3.63) is 0 Å². The molecule has 0 unspecified atom stereocenters. The van der Waals surface area contributed by atoms with Crippen LogP contribution in [0.15, 0.2) is 0 Å². The largest absolute Gasteiger partial charge is 0.300 e. The minimum absolute atomic E-state index is 0.00259. The first-order chi connectivity index (χ1) is 5.33. The van der Waals surface area contributed by atoms with E-state index < -0.39 is 0 Å². The summed E-state index contributed by atoms with van der Waals surface area (Å²) in [5, 5.41) is 8.62. The average molecular weight is 151 g/mol. The minimum atomic E-state index is 0.00259. The fourth-order valence-electron chi connectivity index (χ4n) is 1.48. The molecule has 0 N–H and O–H groups in total. The summed E-state index contributed by atoms with van der Waals surface area (Å²) in [6.07, 6.45) is 5.36. The second kappa shape index (κ2) is 4.12. The molecule has 0 aromatic heterocycles. The predicted octanol–water partition coefficient (Wildman–Crippen LogP) is 2.05. The lowest BCUT2D eigenvalue weighted by Crippen LogP contribution is -2.09. The Morgan fingerprint density at radius 3 is 2.91 bits per heavy atom. The number of hydrogen-bond donors (Lipinski definition) is 0. The maximum Gasteiger partial charge on any atom is 0.134 e. The quantitative estimate of drug-likeness (QED) is 0.531. The first-order valence-corrected chi connectivity index (χ1v) is 4.24. The van der Waals surface area contributed by atoms with E-state index in [0.29, 0.717) is 12.8 Å². The smallest absolute Gasteiger partial charge is 0.134 e. The molecule has 0 spiro atoms. The lowest BCUT2D eigenvalue weighted by atomic mass is 9.92. The van der Waals surface area contributed by atoms with E-state index in [0.717, 1.165) is 25.7 Å². The second-order valence-corrected chi connectivity index (χ2v) is 3.17. The second-order valence-electron chi connectivity index (χ2n) is 3.17. The summed E-state index contributed by atoms with van der Waals surface area (Å²) in [4.78, 5) is 11.1. The van der Waals surface area contributed by atoms with Crippen molar-refractivity contribution in [1.82, 2.24) is 0 Å². The van der Waals surface area contributed by atoms with Crippen molar-refractivity contribution < 1.29 is 4.79 Å². The zero-order valence-corrected chi connectivity index (χ0v) is 6.68. The van der Waals surface area contributed by atoms with Crippen LogP contribution in [0.3, 0.4) is 0 Å². The molecular weight excluding hydrogens is 138 g/mol. The molecule has 0 saturated heterocycles. The summed E-state index contributed by atoms with van der Waals surface area (Å²) in [6, 6.07) is 2.18. The number of rotatable bonds is 0. The molecule has 2 heteroatoms. The van der Waals surface area contributed by atoms with Crippen molar-refractivity contribution >= 4 is 5.78 Å². The molecule has 0 aromatic rings. The van der Waals surface area contributed by atoms with Crippen LogP contribution in [0.1, 0.15) is 38.5 Å². The Labute approximate surface area is 67.2 Å². The van der Waals surface area contributed by atoms with Crippen molar-refractivity contribution in [2.24, 2.45) is 5.92 Å². The van der Waals surface area contributed by atoms with Gasteiger partial charge in [0.05, 0.1) is 12.0 Å². The van der Waals surface area contributed by atoms with Crippen molar-refractivity contribution in [3.8, 4) is 6.07 Å². The van der Waals surface area contributed by atoms with E-state index in [2.05, 4.69) is 6.07 Å². The number of carbonyl (C=O) groups excluding carboxylic acids is 1. The van der Waals surface area contributed by atoms with Gasteiger partial charge in [0.15, 0.2) is 0 Å². The number of hydrogen-bond acceptors (Lipinski definition) is 2. The Morgan fingerprint density at radius 1 is 1.36 bits per heavy atom. The molecule has 0 amide bonds. The van der Waals surface area contributed by atoms with Crippen molar-refractivity contribution in [3.63, 3.8) is 0 Å². The van der Waals surface area contributed by atoms with Crippen LogP contribution >= 0.6 is 0 Å². The number of carbonyl (C=O) groups is 1. The van der Waals surface area contributed by atoms with E-state index in [9.17, 15) is 4.79 Å². The summed E-state index contributed by atoms with van der Waals surface area (Å²) >= 11 is 0. The average Bonchev–Trinajstić information content (AvgIpc) is 1.96. The Hall–Kier alpha value is -0.840. The zero-order chi connectivity index (χ0) is 8.10. The fraction of sp³-hybridized carbons (Fsp3) is 0.778. The van der Waals surface area contributed by atoms with Gasteiger partial charge in [0.25, 0.3) is 0 Å². The molecule has 0 bridgehead atoms. The van der Waals surface area contributed by atoms with E-state index >= 15 is 0 Å². The molecule has 2 nitrogen and oxygen atoms in total. The molecular formula is C9H13NO. The monoisotopic (exact) mass is 151 g/mol. The molecule has 0 heterocycles. The van der Waals surface area contributed by atoms with E-state index in [1.54, 1.807) is 0 Å². The Kier molecular flexibility index (Phi) is 3.10. The number of nitrogens with zero attached hydrogens (tertiary/aromatic N) is 1. The minimum Gasteiger partial charge on any atom is -0.300 e. The van der Waals surface area contributed by atoms with Crippen LogP contribution < -0.4 is 0 Å². The molecule has 0 radical (unpaired) electrons. The predicted molar refractivity (Wildman–Crippen MR) is 41.8 cm³/mol. The van der Waals surface area contributed by atoms with Gasteiger partial charge in [-0.05, 0) is 12.8 Å². The summed E-state index contributed by atoms with van der Waals surface area (Å²) < 4.78 is 0. The van der Waals surface area contributed by atoms with Gasteiger partial charge in [-0.3, -0.25) is 4.79 Å². The third kappa shape index (κ3) is 2.71. The maximum atomic E-state index is 11.1. The van der Waals surface area contributed by atoms with Crippen LogP contribution in [0, 0.1) is 17.2 Å². The van der Waals surface area contributed by atoms with Crippen LogP contribution in [0.5, 0.6) is 0 Å².